The first-order chi connectivity index (χ1) is 13.2. The van der Waals surface area contributed by atoms with E-state index in [9.17, 15) is 0 Å². The Kier molecular flexibility index (Phi) is 5.50. The fourth-order valence-corrected chi connectivity index (χ4v) is 3.98. The second kappa shape index (κ2) is 8.19. The molecule has 0 bridgehead atoms. The highest BCUT2D eigenvalue weighted by molar-refractivity contribution is 5.76. The van der Waals surface area contributed by atoms with Crippen molar-refractivity contribution in [1.29, 1.82) is 0 Å². The maximum Gasteiger partial charge on any atom is 0.162 e. The van der Waals surface area contributed by atoms with Crippen molar-refractivity contribution in [2.75, 3.05) is 26.7 Å². The average Bonchev–Trinajstić information content (AvgIpc) is 3.36. The fraction of sp³-hybridized carbons (Fsp3) is 0.455. The van der Waals surface area contributed by atoms with Gasteiger partial charge in [0.1, 0.15) is 0 Å². The summed E-state index contributed by atoms with van der Waals surface area (Å²) in [5.41, 5.74) is 4.34. The van der Waals surface area contributed by atoms with Crippen LogP contribution in [-0.2, 0) is 6.54 Å². The van der Waals surface area contributed by atoms with Crippen molar-refractivity contribution in [2.45, 2.75) is 38.8 Å². The maximum absolute atomic E-state index is 4.69. The van der Waals surface area contributed by atoms with Gasteiger partial charge in [-0.15, -0.1) is 0 Å². The second-order valence-corrected chi connectivity index (χ2v) is 7.77. The van der Waals surface area contributed by atoms with Crippen molar-refractivity contribution < 1.29 is 0 Å². The van der Waals surface area contributed by atoms with Gasteiger partial charge in [-0.1, -0.05) is 30.3 Å². The zero-order valence-electron chi connectivity index (χ0n) is 16.4. The van der Waals surface area contributed by atoms with Crippen LogP contribution in [0.3, 0.4) is 0 Å². The molecule has 4 rings (SSSR count). The zero-order valence-corrected chi connectivity index (χ0v) is 16.4. The first-order valence-electron chi connectivity index (χ1n) is 10.0. The normalized spacial score (nSPS) is 16.4. The third-order valence-corrected chi connectivity index (χ3v) is 5.64. The molecule has 0 radical (unpaired) electrons. The largest absolute Gasteiger partial charge is 0.302 e. The lowest BCUT2D eigenvalue weighted by atomic mass is 10.1. The van der Waals surface area contributed by atoms with Crippen LogP contribution in [0, 0.1) is 0 Å². The molecule has 1 aromatic carbocycles. The Morgan fingerprint density at radius 3 is 2.67 bits per heavy atom. The lowest BCUT2D eigenvalue weighted by Gasteiger charge is -2.26. The Morgan fingerprint density at radius 2 is 1.89 bits per heavy atom. The van der Waals surface area contributed by atoms with E-state index in [1.54, 1.807) is 0 Å². The number of likely N-dealkylation sites (tertiary alicyclic amines) is 1. The van der Waals surface area contributed by atoms with E-state index in [4.69, 9.17) is 4.98 Å². The third-order valence-electron chi connectivity index (χ3n) is 5.64. The second-order valence-electron chi connectivity index (χ2n) is 7.77. The average molecular weight is 364 g/mol. The van der Waals surface area contributed by atoms with E-state index < -0.39 is 0 Å². The molecule has 0 spiro atoms. The van der Waals surface area contributed by atoms with Gasteiger partial charge in [0.2, 0.25) is 0 Å². The van der Waals surface area contributed by atoms with E-state index >= 15 is 0 Å². The summed E-state index contributed by atoms with van der Waals surface area (Å²) in [4.78, 5) is 9.70. The van der Waals surface area contributed by atoms with Crippen LogP contribution >= 0.6 is 0 Å². The van der Waals surface area contributed by atoms with Crippen LogP contribution in [0.1, 0.15) is 31.7 Å². The smallest absolute Gasteiger partial charge is 0.162 e. The molecule has 142 valence electrons. The predicted molar refractivity (Wildman–Crippen MR) is 110 cm³/mol. The molecular formula is C22H29N5. The Hall–Kier alpha value is -2.24. The van der Waals surface area contributed by atoms with E-state index in [0.717, 1.165) is 29.9 Å². The van der Waals surface area contributed by atoms with Crippen LogP contribution in [0.15, 0.2) is 48.9 Å². The minimum Gasteiger partial charge on any atom is -0.302 e. The highest BCUT2D eigenvalue weighted by Crippen LogP contribution is 2.23. The summed E-state index contributed by atoms with van der Waals surface area (Å²) in [5, 5.41) is 4.52. The van der Waals surface area contributed by atoms with Crippen LogP contribution < -0.4 is 0 Å². The van der Waals surface area contributed by atoms with Crippen molar-refractivity contribution in [3.63, 3.8) is 0 Å². The van der Waals surface area contributed by atoms with Gasteiger partial charge in [0.25, 0.3) is 0 Å². The summed E-state index contributed by atoms with van der Waals surface area (Å²) in [7, 11) is 2.19. The van der Waals surface area contributed by atoms with E-state index in [-0.39, 0.29) is 0 Å². The van der Waals surface area contributed by atoms with Gasteiger partial charge in [-0.05, 0) is 58.4 Å². The molecule has 3 aromatic rings. The Labute approximate surface area is 161 Å². The molecule has 0 aliphatic carbocycles. The molecule has 1 aliphatic heterocycles. The van der Waals surface area contributed by atoms with Gasteiger partial charge in [0, 0.05) is 36.1 Å². The molecular weight excluding hydrogens is 334 g/mol. The van der Waals surface area contributed by atoms with Crippen LogP contribution in [-0.4, -0.2) is 57.1 Å². The highest BCUT2D eigenvalue weighted by atomic mass is 15.2. The van der Waals surface area contributed by atoms with Gasteiger partial charge in [0.05, 0.1) is 6.20 Å². The first kappa shape index (κ1) is 18.1. The molecule has 5 nitrogen and oxygen atoms in total. The molecule has 0 saturated carbocycles. The highest BCUT2D eigenvalue weighted by Gasteiger charge is 2.18. The summed E-state index contributed by atoms with van der Waals surface area (Å²) in [6, 6.07) is 11.0. The number of fused-ring (bicyclic) bond motifs is 1. The molecule has 1 atom stereocenters. The van der Waals surface area contributed by atoms with Crippen molar-refractivity contribution in [1.82, 2.24) is 24.4 Å². The maximum atomic E-state index is 4.69. The van der Waals surface area contributed by atoms with E-state index in [0.29, 0.717) is 6.04 Å². The van der Waals surface area contributed by atoms with Crippen molar-refractivity contribution in [2.24, 2.45) is 0 Å². The zero-order chi connectivity index (χ0) is 18.6. The lowest BCUT2D eigenvalue weighted by molar-refractivity contribution is 0.215. The summed E-state index contributed by atoms with van der Waals surface area (Å²) >= 11 is 0. The van der Waals surface area contributed by atoms with Crippen LogP contribution in [0.4, 0.5) is 0 Å². The molecule has 1 aliphatic rings. The molecule has 0 amide bonds. The number of hydrogen-bond donors (Lipinski definition) is 0. The van der Waals surface area contributed by atoms with Crippen molar-refractivity contribution in [3.8, 4) is 11.1 Å². The topological polar surface area (TPSA) is 36.7 Å². The molecule has 1 saturated heterocycles. The van der Waals surface area contributed by atoms with Gasteiger partial charge in [-0.2, -0.15) is 5.10 Å². The number of rotatable bonds is 7. The van der Waals surface area contributed by atoms with Crippen molar-refractivity contribution >= 4 is 5.65 Å². The fourth-order valence-electron chi connectivity index (χ4n) is 3.98. The number of nitrogens with zero attached hydrogens (tertiary/aromatic N) is 5. The Balaban J connectivity index is 1.39. The minimum atomic E-state index is 0.676. The predicted octanol–water partition coefficient (Wildman–Crippen LogP) is 3.70. The molecule has 3 heterocycles. The Morgan fingerprint density at radius 1 is 1.11 bits per heavy atom. The lowest BCUT2D eigenvalue weighted by Crippen LogP contribution is -2.33. The SMILES string of the molecule is C[C@H](CCN(C)Cc1cnc2c(-c3ccccc3)cnn2c1)N1CCCC1. The van der Waals surface area contributed by atoms with Crippen LogP contribution in [0.5, 0.6) is 0 Å². The molecule has 0 N–H and O–H groups in total. The van der Waals surface area contributed by atoms with Gasteiger partial charge in [-0.3, -0.25) is 0 Å². The first-order valence-corrected chi connectivity index (χ1v) is 10.0. The van der Waals surface area contributed by atoms with Gasteiger partial charge in [-0.25, -0.2) is 9.50 Å². The van der Waals surface area contributed by atoms with E-state index in [2.05, 4.69) is 47.2 Å². The number of hydrogen-bond acceptors (Lipinski definition) is 4. The quantitative estimate of drug-likeness (QED) is 0.641. The van der Waals surface area contributed by atoms with Gasteiger partial charge >= 0.3 is 0 Å². The molecule has 1 fully saturated rings. The molecule has 27 heavy (non-hydrogen) atoms. The summed E-state index contributed by atoms with van der Waals surface area (Å²) in [6.45, 7) is 6.91. The van der Waals surface area contributed by atoms with Crippen LogP contribution in [0.2, 0.25) is 0 Å². The molecule has 2 aromatic heterocycles. The van der Waals surface area contributed by atoms with Gasteiger partial charge < -0.3 is 9.80 Å². The van der Waals surface area contributed by atoms with E-state index in [1.807, 2.05) is 35.1 Å². The van der Waals surface area contributed by atoms with Crippen LogP contribution in [0.25, 0.3) is 16.8 Å². The number of aromatic nitrogens is 3. The molecule has 0 unspecified atom stereocenters. The summed E-state index contributed by atoms with van der Waals surface area (Å²) in [5.74, 6) is 0. The number of benzene rings is 1. The third kappa shape index (κ3) is 4.20. The Bertz CT molecular complexity index is 867. The van der Waals surface area contributed by atoms with Crippen molar-refractivity contribution in [3.05, 3.63) is 54.5 Å². The van der Waals surface area contributed by atoms with Gasteiger partial charge in [0.15, 0.2) is 5.65 Å². The summed E-state index contributed by atoms with van der Waals surface area (Å²) < 4.78 is 1.90. The van der Waals surface area contributed by atoms with E-state index in [1.165, 1.54) is 37.9 Å². The molecule has 5 heteroatoms. The summed E-state index contributed by atoms with van der Waals surface area (Å²) in [6.07, 6.45) is 9.94. The monoisotopic (exact) mass is 363 g/mol. The minimum absolute atomic E-state index is 0.676. The standard InChI is InChI=1S/C22H29N5/c1-18(26-11-6-7-12-26)10-13-25(2)16-19-14-23-22-21(15-24-27(22)17-19)20-8-4-3-5-9-20/h3-5,8-9,14-15,17-18H,6-7,10-13,16H2,1-2H3/t18-/m1/s1.